The number of ether oxygens (including phenoxy) is 1. The molecule has 1 aliphatic rings. The Labute approximate surface area is 182 Å². The van der Waals surface area contributed by atoms with Crippen LogP contribution in [0.15, 0.2) is 72.0 Å². The van der Waals surface area contributed by atoms with Crippen LogP contribution in [0, 0.1) is 0 Å². The van der Waals surface area contributed by atoms with Gasteiger partial charge in [0, 0.05) is 23.1 Å². The standard InChI is InChI=1S/C28H36NO/c1-8-20(6)23-15-13-14-16-24(23)28-22(9-2)26(10-3)30-27-19-21(17-18-25(27)28)29(7,11-4)12-5/h8-10,13-19,28H,11-12H2,1-7H3/q+1. The molecule has 30 heavy (non-hydrogen) atoms. The Morgan fingerprint density at radius 2 is 1.67 bits per heavy atom. The van der Waals surface area contributed by atoms with Crippen molar-refractivity contribution >= 4 is 11.3 Å². The molecule has 0 saturated heterocycles. The smallest absolute Gasteiger partial charge is 0.137 e. The van der Waals surface area contributed by atoms with Crippen molar-refractivity contribution < 1.29 is 4.74 Å². The van der Waals surface area contributed by atoms with Crippen molar-refractivity contribution in [2.75, 3.05) is 20.1 Å². The van der Waals surface area contributed by atoms with Gasteiger partial charge in [-0.2, -0.15) is 0 Å². The molecule has 2 heteroatoms. The van der Waals surface area contributed by atoms with Gasteiger partial charge in [0.2, 0.25) is 0 Å². The molecule has 0 spiro atoms. The second-order valence-corrected chi connectivity index (χ2v) is 8.24. The minimum Gasteiger partial charge on any atom is -0.457 e. The molecule has 0 radical (unpaired) electrons. The van der Waals surface area contributed by atoms with Gasteiger partial charge in [0.15, 0.2) is 0 Å². The molecule has 0 fully saturated rings. The number of rotatable bonds is 5. The van der Waals surface area contributed by atoms with E-state index in [-0.39, 0.29) is 5.92 Å². The minimum atomic E-state index is 0.159. The zero-order valence-electron chi connectivity index (χ0n) is 19.6. The summed E-state index contributed by atoms with van der Waals surface area (Å²) in [6.07, 6.45) is 6.49. The van der Waals surface area contributed by atoms with Crippen molar-refractivity contribution in [3.63, 3.8) is 0 Å². The Morgan fingerprint density at radius 3 is 2.27 bits per heavy atom. The van der Waals surface area contributed by atoms with E-state index in [0.717, 1.165) is 29.1 Å². The number of allylic oxidation sites excluding steroid dienone is 5. The summed E-state index contributed by atoms with van der Waals surface area (Å²) < 4.78 is 7.36. The highest BCUT2D eigenvalue weighted by molar-refractivity contribution is 5.71. The topological polar surface area (TPSA) is 9.23 Å². The lowest BCUT2D eigenvalue weighted by Gasteiger charge is -2.35. The van der Waals surface area contributed by atoms with Crippen molar-refractivity contribution in [1.29, 1.82) is 0 Å². The third kappa shape index (κ3) is 3.77. The van der Waals surface area contributed by atoms with E-state index >= 15 is 0 Å². The molecule has 0 aromatic heterocycles. The Hall–Kier alpha value is -2.58. The molecule has 1 aliphatic heterocycles. The molecule has 2 aromatic rings. The van der Waals surface area contributed by atoms with Crippen molar-refractivity contribution in [3.8, 4) is 5.75 Å². The molecule has 2 nitrogen and oxygen atoms in total. The van der Waals surface area contributed by atoms with Gasteiger partial charge in [-0.05, 0) is 76.5 Å². The molecular formula is C28H36NO+. The van der Waals surface area contributed by atoms with Gasteiger partial charge in [-0.1, -0.05) is 36.4 Å². The third-order valence-corrected chi connectivity index (χ3v) is 6.85. The fourth-order valence-electron chi connectivity index (χ4n) is 4.39. The van der Waals surface area contributed by atoms with Crippen LogP contribution in [-0.4, -0.2) is 20.1 Å². The molecule has 3 rings (SSSR count). The van der Waals surface area contributed by atoms with Gasteiger partial charge in [-0.15, -0.1) is 0 Å². The lowest BCUT2D eigenvalue weighted by atomic mass is 9.78. The first kappa shape index (κ1) is 22.1. The van der Waals surface area contributed by atoms with E-state index in [4.69, 9.17) is 4.74 Å². The monoisotopic (exact) mass is 402 g/mol. The van der Waals surface area contributed by atoms with E-state index < -0.39 is 0 Å². The Morgan fingerprint density at radius 1 is 0.967 bits per heavy atom. The molecule has 1 atom stereocenters. The lowest BCUT2D eigenvalue weighted by Crippen LogP contribution is -2.44. The first-order valence-electron chi connectivity index (χ1n) is 11.2. The molecule has 0 saturated carbocycles. The zero-order valence-corrected chi connectivity index (χ0v) is 19.6. The molecule has 158 valence electrons. The van der Waals surface area contributed by atoms with Gasteiger partial charge in [0.25, 0.3) is 0 Å². The second kappa shape index (κ2) is 9.06. The summed E-state index contributed by atoms with van der Waals surface area (Å²) in [5.74, 6) is 2.10. The SMILES string of the molecule is CC=C1Oc2cc([N+](C)(CC)CC)ccc2C(c2ccccc2C(C)=CC)C1=CC. The number of hydrogen-bond donors (Lipinski definition) is 0. The number of hydrogen-bond acceptors (Lipinski definition) is 1. The summed E-state index contributed by atoms with van der Waals surface area (Å²) in [4.78, 5) is 0. The summed E-state index contributed by atoms with van der Waals surface area (Å²) in [6, 6.07) is 15.6. The van der Waals surface area contributed by atoms with Gasteiger partial charge in [0.05, 0.1) is 20.1 Å². The highest BCUT2D eigenvalue weighted by Crippen LogP contribution is 2.48. The molecule has 0 aliphatic carbocycles. The van der Waals surface area contributed by atoms with Crippen LogP contribution in [0.1, 0.15) is 64.2 Å². The summed E-state index contributed by atoms with van der Waals surface area (Å²) >= 11 is 0. The van der Waals surface area contributed by atoms with Crippen LogP contribution >= 0.6 is 0 Å². The molecular weight excluding hydrogens is 366 g/mol. The van der Waals surface area contributed by atoms with Crippen LogP contribution < -0.4 is 9.22 Å². The minimum absolute atomic E-state index is 0.159. The van der Waals surface area contributed by atoms with Crippen molar-refractivity contribution in [1.82, 2.24) is 4.48 Å². The summed E-state index contributed by atoms with van der Waals surface area (Å²) in [5.41, 5.74) is 7.72. The van der Waals surface area contributed by atoms with Gasteiger partial charge in [-0.25, -0.2) is 0 Å². The maximum absolute atomic E-state index is 6.46. The van der Waals surface area contributed by atoms with E-state index in [9.17, 15) is 0 Å². The summed E-state index contributed by atoms with van der Waals surface area (Å²) in [7, 11) is 2.29. The molecule has 0 bridgehead atoms. The van der Waals surface area contributed by atoms with Gasteiger partial charge < -0.3 is 4.74 Å². The van der Waals surface area contributed by atoms with Crippen LogP contribution in [0.5, 0.6) is 5.75 Å². The van der Waals surface area contributed by atoms with E-state index in [1.807, 2.05) is 0 Å². The fourth-order valence-corrected chi connectivity index (χ4v) is 4.39. The number of quaternary nitrogens is 1. The number of benzene rings is 2. The third-order valence-electron chi connectivity index (χ3n) is 6.85. The highest BCUT2D eigenvalue weighted by atomic mass is 16.5. The van der Waals surface area contributed by atoms with Crippen LogP contribution in [-0.2, 0) is 0 Å². The molecule has 1 unspecified atom stereocenters. The highest BCUT2D eigenvalue weighted by Gasteiger charge is 2.33. The van der Waals surface area contributed by atoms with E-state index in [0.29, 0.717) is 0 Å². The maximum Gasteiger partial charge on any atom is 0.137 e. The van der Waals surface area contributed by atoms with Crippen LogP contribution in [0.2, 0.25) is 0 Å². The van der Waals surface area contributed by atoms with E-state index in [2.05, 4.69) is 109 Å². The molecule has 1 heterocycles. The average molecular weight is 403 g/mol. The van der Waals surface area contributed by atoms with Crippen LogP contribution in [0.3, 0.4) is 0 Å². The number of fused-ring (bicyclic) bond motifs is 1. The normalized spacial score (nSPS) is 19.7. The Kier molecular flexibility index (Phi) is 6.67. The first-order valence-corrected chi connectivity index (χ1v) is 11.2. The average Bonchev–Trinajstić information content (AvgIpc) is 2.81. The van der Waals surface area contributed by atoms with Crippen LogP contribution in [0.25, 0.3) is 5.57 Å². The summed E-state index contributed by atoms with van der Waals surface area (Å²) in [6.45, 7) is 15.1. The predicted molar refractivity (Wildman–Crippen MR) is 131 cm³/mol. The Balaban J connectivity index is 2.27. The van der Waals surface area contributed by atoms with Gasteiger partial charge >= 0.3 is 0 Å². The molecule has 0 amide bonds. The largest absolute Gasteiger partial charge is 0.457 e. The van der Waals surface area contributed by atoms with E-state index in [1.54, 1.807) is 0 Å². The Bertz CT molecular complexity index is 1010. The maximum atomic E-state index is 6.46. The van der Waals surface area contributed by atoms with Crippen molar-refractivity contribution in [3.05, 3.63) is 88.7 Å². The van der Waals surface area contributed by atoms with Gasteiger partial charge in [0.1, 0.15) is 17.2 Å². The summed E-state index contributed by atoms with van der Waals surface area (Å²) in [5, 5.41) is 0. The zero-order chi connectivity index (χ0) is 21.9. The fraction of sp³-hybridized carbons (Fsp3) is 0.357. The van der Waals surface area contributed by atoms with Crippen molar-refractivity contribution in [2.45, 2.75) is 47.5 Å². The first-order chi connectivity index (χ1) is 14.4. The van der Waals surface area contributed by atoms with Crippen LogP contribution in [0.4, 0.5) is 5.69 Å². The molecule has 0 N–H and O–H groups in total. The lowest BCUT2D eigenvalue weighted by molar-refractivity contribution is 0.359. The quantitative estimate of drug-likeness (QED) is 0.472. The van der Waals surface area contributed by atoms with E-state index in [1.165, 1.54) is 33.5 Å². The van der Waals surface area contributed by atoms with Crippen molar-refractivity contribution in [2.24, 2.45) is 0 Å². The molecule has 2 aromatic carbocycles. The second-order valence-electron chi connectivity index (χ2n) is 8.24. The van der Waals surface area contributed by atoms with Gasteiger partial charge in [-0.3, -0.25) is 4.48 Å². The predicted octanol–water partition coefficient (Wildman–Crippen LogP) is 7.46. The number of nitrogens with zero attached hydrogens (tertiary/aromatic N) is 1.